The van der Waals surface area contributed by atoms with Gasteiger partial charge >= 0.3 is 11.9 Å². The zero-order valence-corrected chi connectivity index (χ0v) is 25.2. The van der Waals surface area contributed by atoms with Crippen LogP contribution in [0.4, 0.5) is 10.1 Å². The molecule has 1 aliphatic carbocycles. The normalized spacial score (nSPS) is 14.3. The zero-order valence-electron chi connectivity index (χ0n) is 22.9. The van der Waals surface area contributed by atoms with Gasteiger partial charge in [-0.15, -0.1) is 0 Å². The Morgan fingerprint density at radius 1 is 0.976 bits per heavy atom. The van der Waals surface area contributed by atoms with Crippen LogP contribution in [0.5, 0.6) is 11.5 Å². The maximum atomic E-state index is 14.5. The number of ether oxygens (including phenoxy) is 3. The number of halogens is 4. The van der Waals surface area contributed by atoms with Gasteiger partial charge in [0.15, 0.2) is 12.4 Å². The number of rotatable bonds is 10. The molecule has 0 unspecified atom stereocenters. The number of hydrogen-bond acceptors (Lipinski definition) is 7. The molecule has 2 aromatic carbocycles. The molecule has 0 saturated carbocycles. The topological polar surface area (TPSA) is 119 Å². The van der Waals surface area contributed by atoms with Crippen LogP contribution in [-0.4, -0.2) is 49.2 Å². The van der Waals surface area contributed by atoms with Crippen molar-refractivity contribution in [1.29, 1.82) is 0 Å². The first-order chi connectivity index (χ1) is 20.0. The van der Waals surface area contributed by atoms with E-state index in [1.807, 2.05) is 6.92 Å². The van der Waals surface area contributed by atoms with Crippen molar-refractivity contribution in [3.05, 3.63) is 61.9 Å². The van der Waals surface area contributed by atoms with Crippen molar-refractivity contribution in [2.24, 2.45) is 0 Å². The molecule has 42 heavy (non-hydrogen) atoms. The van der Waals surface area contributed by atoms with E-state index in [9.17, 15) is 23.6 Å². The summed E-state index contributed by atoms with van der Waals surface area (Å²) < 4.78 is 29.8. The van der Waals surface area contributed by atoms with Crippen LogP contribution in [0.3, 0.4) is 0 Å². The predicted octanol–water partition coefficient (Wildman–Crippen LogP) is 7.04. The molecule has 1 aliphatic heterocycles. The van der Waals surface area contributed by atoms with Crippen LogP contribution in [0, 0.1) is 5.82 Å². The van der Waals surface area contributed by atoms with Crippen LogP contribution in [-0.2, 0) is 19.1 Å². The fourth-order valence-electron chi connectivity index (χ4n) is 4.41. The van der Waals surface area contributed by atoms with Gasteiger partial charge in [-0.1, -0.05) is 54.6 Å². The highest BCUT2D eigenvalue weighted by atomic mass is 35.5. The average Bonchev–Trinajstić information content (AvgIpc) is 3.21. The molecule has 4 rings (SSSR count). The number of anilines is 1. The highest BCUT2D eigenvalue weighted by Crippen LogP contribution is 2.39. The Morgan fingerprint density at radius 2 is 1.60 bits per heavy atom. The molecule has 0 saturated heterocycles. The first-order valence-corrected chi connectivity index (χ1v) is 14.3. The smallest absolute Gasteiger partial charge is 0.344 e. The summed E-state index contributed by atoms with van der Waals surface area (Å²) in [4.78, 5) is 48.7. The van der Waals surface area contributed by atoms with Gasteiger partial charge in [-0.2, -0.15) is 0 Å². The number of carbonyl (C=O) groups excluding carboxylic acids is 3. The van der Waals surface area contributed by atoms with E-state index in [0.717, 1.165) is 43.1 Å². The average molecular weight is 645 g/mol. The first-order valence-electron chi connectivity index (χ1n) is 13.1. The minimum Gasteiger partial charge on any atom is -0.494 e. The Kier molecular flexibility index (Phi) is 12.0. The van der Waals surface area contributed by atoms with Crippen LogP contribution in [0.2, 0.25) is 15.1 Å². The van der Waals surface area contributed by atoms with Gasteiger partial charge in [-0.25, -0.2) is 18.9 Å². The Morgan fingerprint density at radius 3 is 2.14 bits per heavy atom. The van der Waals surface area contributed by atoms with Crippen molar-refractivity contribution in [2.45, 2.75) is 51.9 Å². The third kappa shape index (κ3) is 7.73. The summed E-state index contributed by atoms with van der Waals surface area (Å²) in [6.45, 7) is 1.93. The lowest BCUT2D eigenvalue weighted by Crippen LogP contribution is -2.32. The van der Waals surface area contributed by atoms with E-state index >= 15 is 0 Å². The number of methoxy groups -OCH3 is 1. The van der Waals surface area contributed by atoms with E-state index in [-0.39, 0.29) is 37.8 Å². The molecule has 1 heterocycles. The molecule has 226 valence electrons. The number of carbonyl (C=O) groups is 4. The molecule has 2 aliphatic rings. The molecule has 0 bridgehead atoms. The van der Waals surface area contributed by atoms with Crippen molar-refractivity contribution < 1.29 is 42.9 Å². The maximum Gasteiger partial charge on any atom is 0.344 e. The molecule has 0 radical (unpaired) electrons. The van der Waals surface area contributed by atoms with Crippen LogP contribution < -0.4 is 14.4 Å². The van der Waals surface area contributed by atoms with Crippen molar-refractivity contribution in [3.8, 4) is 11.5 Å². The number of unbranched alkanes of at least 4 members (excludes halogenated alkanes) is 2. The third-order valence-corrected chi connectivity index (χ3v) is 7.37. The number of benzene rings is 2. The highest BCUT2D eigenvalue weighted by Gasteiger charge is 2.41. The Labute approximate surface area is 257 Å². The summed E-state index contributed by atoms with van der Waals surface area (Å²) in [7, 11) is 1.34. The predicted molar refractivity (Wildman–Crippen MR) is 155 cm³/mol. The van der Waals surface area contributed by atoms with Gasteiger partial charge in [-0.3, -0.25) is 9.59 Å². The number of carboxylic acids is 1. The Hall–Kier alpha value is -3.34. The van der Waals surface area contributed by atoms with E-state index in [2.05, 4.69) is 0 Å². The minimum atomic E-state index is -1.16. The van der Waals surface area contributed by atoms with Gasteiger partial charge in [0.05, 0.1) is 34.5 Å². The number of aromatic carboxylic acids is 1. The van der Waals surface area contributed by atoms with E-state index < -0.39 is 36.2 Å². The molecule has 13 heteroatoms. The van der Waals surface area contributed by atoms with E-state index in [0.29, 0.717) is 30.6 Å². The summed E-state index contributed by atoms with van der Waals surface area (Å²) >= 11 is 17.4. The van der Waals surface area contributed by atoms with Crippen molar-refractivity contribution >= 4 is 64.2 Å². The molecule has 1 N–H and O–H groups in total. The lowest BCUT2D eigenvalue weighted by Gasteiger charge is -2.18. The molecule has 2 aromatic rings. The van der Waals surface area contributed by atoms with Crippen molar-refractivity contribution in [1.82, 2.24) is 0 Å². The van der Waals surface area contributed by atoms with Crippen LogP contribution >= 0.6 is 34.8 Å². The molecule has 9 nitrogen and oxygen atoms in total. The zero-order chi connectivity index (χ0) is 31.0. The second kappa shape index (κ2) is 15.2. The third-order valence-electron chi connectivity index (χ3n) is 6.47. The minimum absolute atomic E-state index is 0.000883. The largest absolute Gasteiger partial charge is 0.494 e. The number of imide groups is 1. The number of carboxylic acid groups (broad SMARTS) is 1. The van der Waals surface area contributed by atoms with Crippen molar-refractivity contribution in [3.63, 3.8) is 0 Å². The number of esters is 1. The van der Waals surface area contributed by atoms with Crippen LogP contribution in [0.15, 0.2) is 35.4 Å². The number of hydrogen-bond donors (Lipinski definition) is 1. The first kappa shape index (κ1) is 33.2. The molecule has 0 aromatic heterocycles. The fraction of sp³-hybridized carbons (Fsp3) is 0.379. The van der Waals surface area contributed by atoms with Crippen LogP contribution in [0.1, 0.15) is 62.2 Å². The Balaban J connectivity index is 0.000000312. The molecular weight excluding hydrogens is 616 g/mol. The number of nitrogens with zero attached hydrogens (tertiary/aromatic N) is 1. The van der Waals surface area contributed by atoms with Gasteiger partial charge in [-0.05, 0) is 50.3 Å². The second-order valence-corrected chi connectivity index (χ2v) is 10.5. The summed E-state index contributed by atoms with van der Waals surface area (Å²) in [6, 6.07) is 5.04. The van der Waals surface area contributed by atoms with E-state index in [1.54, 1.807) is 0 Å². The van der Waals surface area contributed by atoms with E-state index in [4.69, 9.17) is 54.1 Å². The SMILES string of the molecule is CCCCCOC(=O)COc1cc(N2C(=O)C3=C(CCCC3)C2=O)c(F)cc1Cl.COc1c(Cl)ccc(Cl)c1C(=O)O. The van der Waals surface area contributed by atoms with Gasteiger partial charge < -0.3 is 19.3 Å². The summed E-state index contributed by atoms with van der Waals surface area (Å²) in [5.41, 5.74) is 0.559. The second-order valence-electron chi connectivity index (χ2n) is 9.30. The van der Waals surface area contributed by atoms with Gasteiger partial charge in [0.2, 0.25) is 0 Å². The molecule has 0 spiro atoms. The lowest BCUT2D eigenvalue weighted by atomic mass is 9.93. The quantitative estimate of drug-likeness (QED) is 0.166. The maximum absolute atomic E-state index is 14.5. The van der Waals surface area contributed by atoms with Crippen LogP contribution in [0.25, 0.3) is 0 Å². The summed E-state index contributed by atoms with van der Waals surface area (Å²) in [6.07, 6.45) is 5.40. The fourth-order valence-corrected chi connectivity index (χ4v) is 5.08. The van der Waals surface area contributed by atoms with E-state index in [1.165, 1.54) is 25.3 Å². The Bertz CT molecular complexity index is 1380. The summed E-state index contributed by atoms with van der Waals surface area (Å²) in [5.74, 6) is -3.48. The number of amides is 2. The standard InChI is InChI=1S/C21H23ClFNO5.C8H6Cl2O3/c1-2-3-6-9-28-19(25)12-29-18-11-17(16(23)10-15(18)22)24-20(26)13-7-4-5-8-14(13)21(24)27;1-13-7-5(10)3-2-4(9)6(7)8(11)12/h10-11H,2-9,12H2,1H3;2-3H,1H3,(H,11,12). The molecule has 0 fully saturated rings. The molecule has 2 amide bonds. The molecular formula is C29H29Cl3FNO8. The van der Waals surface area contributed by atoms with Gasteiger partial charge in [0.25, 0.3) is 11.8 Å². The molecule has 0 atom stereocenters. The van der Waals surface area contributed by atoms with Gasteiger partial charge in [0, 0.05) is 17.2 Å². The lowest BCUT2D eigenvalue weighted by molar-refractivity contribution is -0.146. The summed E-state index contributed by atoms with van der Waals surface area (Å²) in [5, 5.41) is 9.04. The monoisotopic (exact) mass is 643 g/mol. The highest BCUT2D eigenvalue weighted by molar-refractivity contribution is 6.37. The van der Waals surface area contributed by atoms with Crippen molar-refractivity contribution in [2.75, 3.05) is 25.2 Å². The van der Waals surface area contributed by atoms with Gasteiger partial charge in [0.1, 0.15) is 17.1 Å².